The lowest BCUT2D eigenvalue weighted by Gasteiger charge is -2.30. The zero-order valence-electron chi connectivity index (χ0n) is 20.2. The Morgan fingerprint density at radius 3 is 2.47 bits per heavy atom. The van der Waals surface area contributed by atoms with Crippen molar-refractivity contribution >= 4 is 40.3 Å². The minimum absolute atomic E-state index is 0.0181. The Morgan fingerprint density at radius 2 is 1.78 bits per heavy atom. The summed E-state index contributed by atoms with van der Waals surface area (Å²) in [5.74, 6) is 1.31. The van der Waals surface area contributed by atoms with Gasteiger partial charge in [-0.2, -0.15) is 4.98 Å². The normalized spacial score (nSPS) is 17.5. The second-order valence-electron chi connectivity index (χ2n) is 8.87. The fourth-order valence-electron chi connectivity index (χ4n) is 4.64. The molecule has 0 bridgehead atoms. The second-order valence-corrected chi connectivity index (χ2v) is 8.87. The van der Waals surface area contributed by atoms with E-state index in [1.807, 2.05) is 28.8 Å². The van der Waals surface area contributed by atoms with Crippen molar-refractivity contribution in [3.05, 3.63) is 60.5 Å². The predicted octanol–water partition coefficient (Wildman–Crippen LogP) is 5.08. The van der Waals surface area contributed by atoms with Gasteiger partial charge in [0.1, 0.15) is 17.1 Å². The highest BCUT2D eigenvalue weighted by molar-refractivity contribution is 5.77. The minimum atomic E-state index is -0.363. The van der Waals surface area contributed by atoms with Crippen LogP contribution in [-0.4, -0.2) is 38.6 Å². The van der Waals surface area contributed by atoms with Crippen molar-refractivity contribution in [2.24, 2.45) is 0 Å². The van der Waals surface area contributed by atoms with Gasteiger partial charge < -0.3 is 20.7 Å². The van der Waals surface area contributed by atoms with Crippen molar-refractivity contribution < 1.29 is 13.9 Å². The van der Waals surface area contributed by atoms with E-state index >= 15 is 0 Å². The van der Waals surface area contributed by atoms with Gasteiger partial charge in [-0.15, -0.1) is 0 Å². The van der Waals surface area contributed by atoms with Crippen LogP contribution < -0.4 is 20.7 Å². The number of fused-ring (bicyclic) bond motifs is 1. The van der Waals surface area contributed by atoms with Gasteiger partial charge in [0.2, 0.25) is 17.8 Å². The Bertz CT molecular complexity index is 1360. The first kappa shape index (κ1) is 23.5. The van der Waals surface area contributed by atoms with E-state index in [4.69, 9.17) is 14.7 Å². The third-order valence-corrected chi connectivity index (χ3v) is 6.37. The van der Waals surface area contributed by atoms with E-state index in [0.29, 0.717) is 28.7 Å². The number of nitrogens with zero attached hydrogens (tertiary/aromatic N) is 4. The molecule has 5 rings (SSSR count). The number of carbonyl (C=O) groups excluding carboxylic acids is 1. The highest BCUT2D eigenvalue weighted by Crippen LogP contribution is 2.35. The highest BCUT2D eigenvalue weighted by Gasteiger charge is 2.27. The summed E-state index contributed by atoms with van der Waals surface area (Å²) in [5.41, 5.74) is 2.42. The number of ether oxygens (including phenoxy) is 1. The topological polar surface area (TPSA) is 106 Å². The van der Waals surface area contributed by atoms with Crippen LogP contribution in [0.15, 0.2) is 54.7 Å². The van der Waals surface area contributed by atoms with Crippen molar-refractivity contribution in [1.29, 1.82) is 0 Å². The molecule has 0 aliphatic heterocycles. The van der Waals surface area contributed by atoms with E-state index in [9.17, 15) is 9.18 Å². The number of benzene rings is 2. The van der Waals surface area contributed by atoms with Crippen LogP contribution in [0.25, 0.3) is 11.2 Å². The monoisotopic (exact) mass is 489 g/mol. The molecule has 36 heavy (non-hydrogen) atoms. The summed E-state index contributed by atoms with van der Waals surface area (Å²) in [7, 11) is 1.62. The number of amides is 1. The van der Waals surface area contributed by atoms with E-state index < -0.39 is 0 Å². The zero-order valence-corrected chi connectivity index (χ0v) is 20.2. The first-order valence-corrected chi connectivity index (χ1v) is 11.9. The van der Waals surface area contributed by atoms with Gasteiger partial charge in [-0.25, -0.2) is 14.4 Å². The standard InChI is InChI=1S/C26H28FN7O2/c1-16(35)29-17-7-11-19(12-8-17)34-24-23(32-26(34)31-22-6-4-3-5-21(22)27)15-28-25(33-24)30-18-9-13-20(36-2)14-10-18/h3-6,9-10,13-15,17,19H,7-8,11-12H2,1-2H3,(H,29,35)(H,31,32)(H,28,30,33). The fourth-order valence-corrected chi connectivity index (χ4v) is 4.64. The molecule has 4 aromatic rings. The quantitative estimate of drug-likeness (QED) is 0.332. The molecule has 2 aromatic carbocycles. The number of rotatable bonds is 7. The van der Waals surface area contributed by atoms with Crippen LogP contribution in [-0.2, 0) is 4.79 Å². The number of carbonyl (C=O) groups is 1. The van der Waals surface area contributed by atoms with Gasteiger partial charge in [-0.3, -0.25) is 9.36 Å². The van der Waals surface area contributed by atoms with Gasteiger partial charge in [0.05, 0.1) is 19.0 Å². The summed E-state index contributed by atoms with van der Waals surface area (Å²) in [6, 6.07) is 14.2. The van der Waals surface area contributed by atoms with E-state index in [1.54, 1.807) is 38.4 Å². The summed E-state index contributed by atoms with van der Waals surface area (Å²) in [6.45, 7) is 1.54. The summed E-state index contributed by atoms with van der Waals surface area (Å²) < 4.78 is 21.7. The molecule has 2 aromatic heterocycles. The van der Waals surface area contributed by atoms with Crippen molar-refractivity contribution in [1.82, 2.24) is 24.8 Å². The number of methoxy groups -OCH3 is 1. The van der Waals surface area contributed by atoms with Gasteiger partial charge >= 0.3 is 0 Å². The van der Waals surface area contributed by atoms with Crippen molar-refractivity contribution in [3.63, 3.8) is 0 Å². The van der Waals surface area contributed by atoms with Crippen molar-refractivity contribution in [2.45, 2.75) is 44.7 Å². The largest absolute Gasteiger partial charge is 0.497 e. The number of anilines is 4. The molecule has 0 saturated heterocycles. The molecule has 1 fully saturated rings. The van der Waals surface area contributed by atoms with Crippen LogP contribution in [0.1, 0.15) is 38.6 Å². The fraction of sp³-hybridized carbons (Fsp3) is 0.308. The lowest BCUT2D eigenvalue weighted by Crippen LogP contribution is -2.36. The smallest absolute Gasteiger partial charge is 0.229 e. The minimum Gasteiger partial charge on any atom is -0.497 e. The number of aromatic nitrogens is 4. The van der Waals surface area contributed by atoms with Crippen LogP contribution >= 0.6 is 0 Å². The van der Waals surface area contributed by atoms with Crippen LogP contribution in [0.4, 0.5) is 27.7 Å². The number of hydrogen-bond acceptors (Lipinski definition) is 7. The molecule has 9 nitrogen and oxygen atoms in total. The molecule has 1 amide bonds. The first-order chi connectivity index (χ1) is 17.5. The molecule has 10 heteroatoms. The third-order valence-electron chi connectivity index (χ3n) is 6.37. The summed E-state index contributed by atoms with van der Waals surface area (Å²) in [6.07, 6.45) is 5.00. The van der Waals surface area contributed by atoms with Crippen molar-refractivity contribution in [3.8, 4) is 5.75 Å². The van der Waals surface area contributed by atoms with E-state index in [0.717, 1.165) is 37.1 Å². The summed E-state index contributed by atoms with van der Waals surface area (Å²) in [5, 5.41) is 9.40. The Hall–Kier alpha value is -4.21. The maximum Gasteiger partial charge on any atom is 0.229 e. The molecule has 3 N–H and O–H groups in total. The molecule has 0 spiro atoms. The molecule has 1 aliphatic rings. The van der Waals surface area contributed by atoms with Crippen LogP contribution in [0.5, 0.6) is 5.75 Å². The van der Waals surface area contributed by atoms with Crippen LogP contribution in [0.3, 0.4) is 0 Å². The zero-order chi connectivity index (χ0) is 25.1. The molecule has 186 valence electrons. The van der Waals surface area contributed by atoms with Gasteiger partial charge in [-0.1, -0.05) is 12.1 Å². The van der Waals surface area contributed by atoms with Crippen molar-refractivity contribution in [2.75, 3.05) is 17.7 Å². The van der Waals surface area contributed by atoms with E-state index in [2.05, 4.69) is 20.9 Å². The number of imidazole rings is 1. The average Bonchev–Trinajstić information content (AvgIpc) is 3.23. The van der Waals surface area contributed by atoms with Gasteiger partial charge in [0.25, 0.3) is 0 Å². The number of para-hydroxylation sites is 1. The molecule has 0 radical (unpaired) electrons. The van der Waals surface area contributed by atoms with E-state index in [1.165, 1.54) is 6.07 Å². The Kier molecular flexibility index (Phi) is 6.66. The third kappa shape index (κ3) is 5.07. The summed E-state index contributed by atoms with van der Waals surface area (Å²) in [4.78, 5) is 25.4. The Balaban J connectivity index is 1.49. The average molecular weight is 490 g/mol. The number of halogens is 1. The maximum atomic E-state index is 14.5. The Morgan fingerprint density at radius 1 is 1.03 bits per heavy atom. The van der Waals surface area contributed by atoms with Gasteiger partial charge in [0.15, 0.2) is 5.65 Å². The molecule has 0 unspecified atom stereocenters. The van der Waals surface area contributed by atoms with Crippen LogP contribution in [0, 0.1) is 5.82 Å². The number of nitrogens with one attached hydrogen (secondary N) is 3. The first-order valence-electron chi connectivity index (χ1n) is 11.9. The molecule has 1 saturated carbocycles. The molecular weight excluding hydrogens is 461 g/mol. The lowest BCUT2D eigenvalue weighted by atomic mass is 9.91. The summed E-state index contributed by atoms with van der Waals surface area (Å²) >= 11 is 0. The molecular formula is C26H28FN7O2. The van der Waals surface area contributed by atoms with E-state index in [-0.39, 0.29) is 23.8 Å². The predicted molar refractivity (Wildman–Crippen MR) is 136 cm³/mol. The van der Waals surface area contributed by atoms with Gasteiger partial charge in [-0.05, 0) is 62.1 Å². The highest BCUT2D eigenvalue weighted by atomic mass is 19.1. The SMILES string of the molecule is COc1ccc(Nc2ncc3nc(Nc4ccccc4F)n(C4CCC(NC(C)=O)CC4)c3n2)cc1. The molecule has 0 atom stereocenters. The lowest BCUT2D eigenvalue weighted by molar-refractivity contribution is -0.119. The second kappa shape index (κ2) is 10.2. The molecule has 1 aliphatic carbocycles. The Labute approximate surface area is 208 Å². The molecule has 2 heterocycles. The number of hydrogen-bond donors (Lipinski definition) is 3. The van der Waals surface area contributed by atoms with Gasteiger partial charge in [0, 0.05) is 24.7 Å². The van der Waals surface area contributed by atoms with Crippen LogP contribution in [0.2, 0.25) is 0 Å². The maximum absolute atomic E-state index is 14.5.